The lowest BCUT2D eigenvalue weighted by atomic mass is 9.95. The molecule has 1 atom stereocenters. The third-order valence-corrected chi connectivity index (χ3v) is 6.63. The van der Waals surface area contributed by atoms with E-state index in [0.717, 1.165) is 68.6 Å². The molecule has 6 nitrogen and oxygen atoms in total. The Hall–Kier alpha value is -3.28. The lowest BCUT2D eigenvalue weighted by Crippen LogP contribution is -2.43. The number of piperidine rings is 1. The van der Waals surface area contributed by atoms with Gasteiger partial charge in [0.1, 0.15) is 0 Å². The van der Waals surface area contributed by atoms with E-state index in [1.165, 1.54) is 5.56 Å². The summed E-state index contributed by atoms with van der Waals surface area (Å²) < 4.78 is 10.7. The largest absolute Gasteiger partial charge is 0.493 e. The first-order valence-electron chi connectivity index (χ1n) is 12.2. The van der Waals surface area contributed by atoms with Crippen molar-refractivity contribution in [3.05, 3.63) is 65.2 Å². The van der Waals surface area contributed by atoms with Gasteiger partial charge in [-0.1, -0.05) is 18.2 Å². The molecule has 0 bridgehead atoms. The van der Waals surface area contributed by atoms with Gasteiger partial charge in [-0.2, -0.15) is 0 Å². The Bertz CT molecular complexity index is 1030. The lowest BCUT2D eigenvalue weighted by molar-refractivity contribution is -0.129. The van der Waals surface area contributed by atoms with Gasteiger partial charge in [0.05, 0.1) is 14.2 Å². The smallest absolute Gasteiger partial charge is 0.251 e. The SMILES string of the molecule is COc1ccc(CCC2CCCCN2C(=O)/C=C/c2ccc(C(=O)NC3CC3)cc2)cc1OC. The average Bonchev–Trinajstić information content (AvgIpc) is 3.70. The van der Waals surface area contributed by atoms with Gasteiger partial charge in [0.25, 0.3) is 5.91 Å². The zero-order chi connectivity index (χ0) is 23.9. The van der Waals surface area contributed by atoms with Gasteiger partial charge in [-0.25, -0.2) is 0 Å². The number of carbonyl (C=O) groups is 2. The summed E-state index contributed by atoms with van der Waals surface area (Å²) in [5.74, 6) is 1.48. The van der Waals surface area contributed by atoms with Crippen LogP contribution in [0.2, 0.25) is 0 Å². The van der Waals surface area contributed by atoms with Crippen LogP contribution in [0.5, 0.6) is 11.5 Å². The average molecular weight is 463 g/mol. The quantitative estimate of drug-likeness (QED) is 0.552. The zero-order valence-corrected chi connectivity index (χ0v) is 20.1. The Morgan fingerprint density at radius 3 is 2.47 bits per heavy atom. The molecule has 180 valence electrons. The first kappa shape index (κ1) is 23.9. The maximum absolute atomic E-state index is 13.0. The Morgan fingerprint density at radius 1 is 1.00 bits per heavy atom. The Labute approximate surface area is 201 Å². The van der Waals surface area contributed by atoms with E-state index in [0.29, 0.717) is 11.6 Å². The number of nitrogens with one attached hydrogen (secondary N) is 1. The van der Waals surface area contributed by atoms with Crippen LogP contribution in [-0.4, -0.2) is 49.6 Å². The summed E-state index contributed by atoms with van der Waals surface area (Å²) >= 11 is 0. The van der Waals surface area contributed by atoms with Crippen LogP contribution in [0.1, 0.15) is 60.0 Å². The van der Waals surface area contributed by atoms with Gasteiger partial charge < -0.3 is 19.7 Å². The van der Waals surface area contributed by atoms with Crippen LogP contribution in [0.15, 0.2) is 48.5 Å². The van der Waals surface area contributed by atoms with E-state index in [4.69, 9.17) is 9.47 Å². The monoisotopic (exact) mass is 462 g/mol. The number of amides is 2. The van der Waals surface area contributed by atoms with Gasteiger partial charge in [-0.3, -0.25) is 9.59 Å². The molecule has 2 aromatic carbocycles. The second kappa shape index (κ2) is 11.2. The fraction of sp³-hybridized carbons (Fsp3) is 0.429. The van der Waals surface area contributed by atoms with Crippen LogP contribution in [0.4, 0.5) is 0 Å². The van der Waals surface area contributed by atoms with Crippen molar-refractivity contribution >= 4 is 17.9 Å². The molecular formula is C28H34N2O4. The second-order valence-electron chi connectivity index (χ2n) is 9.11. The second-order valence-corrected chi connectivity index (χ2v) is 9.11. The van der Waals surface area contributed by atoms with Crippen LogP contribution in [0.3, 0.4) is 0 Å². The molecule has 1 heterocycles. The van der Waals surface area contributed by atoms with Crippen molar-refractivity contribution in [2.45, 2.75) is 57.0 Å². The fourth-order valence-corrected chi connectivity index (χ4v) is 4.47. The first-order valence-corrected chi connectivity index (χ1v) is 12.2. The molecular weight excluding hydrogens is 428 g/mol. The van der Waals surface area contributed by atoms with E-state index in [1.807, 2.05) is 47.4 Å². The molecule has 1 saturated heterocycles. The van der Waals surface area contributed by atoms with Crippen LogP contribution in [0.25, 0.3) is 6.08 Å². The molecule has 1 N–H and O–H groups in total. The molecule has 1 aliphatic heterocycles. The predicted octanol–water partition coefficient (Wildman–Crippen LogP) is 4.62. The highest BCUT2D eigenvalue weighted by Crippen LogP contribution is 2.29. The van der Waals surface area contributed by atoms with Crippen LogP contribution in [-0.2, 0) is 11.2 Å². The van der Waals surface area contributed by atoms with E-state index < -0.39 is 0 Å². The fourth-order valence-electron chi connectivity index (χ4n) is 4.47. The summed E-state index contributed by atoms with van der Waals surface area (Å²) in [4.78, 5) is 27.2. The van der Waals surface area contributed by atoms with E-state index >= 15 is 0 Å². The molecule has 2 amide bonds. The van der Waals surface area contributed by atoms with E-state index in [-0.39, 0.29) is 17.9 Å². The highest BCUT2D eigenvalue weighted by Gasteiger charge is 2.25. The minimum Gasteiger partial charge on any atom is -0.493 e. The number of benzene rings is 2. The number of rotatable bonds is 9. The van der Waals surface area contributed by atoms with Gasteiger partial charge in [0.15, 0.2) is 11.5 Å². The molecule has 34 heavy (non-hydrogen) atoms. The predicted molar refractivity (Wildman–Crippen MR) is 133 cm³/mol. The molecule has 6 heteroatoms. The number of methoxy groups -OCH3 is 2. The van der Waals surface area contributed by atoms with Gasteiger partial charge >= 0.3 is 0 Å². The van der Waals surface area contributed by atoms with Crippen molar-refractivity contribution in [1.82, 2.24) is 10.2 Å². The van der Waals surface area contributed by atoms with Crippen molar-refractivity contribution in [1.29, 1.82) is 0 Å². The highest BCUT2D eigenvalue weighted by atomic mass is 16.5. The first-order chi connectivity index (χ1) is 16.6. The van der Waals surface area contributed by atoms with Crippen molar-refractivity contribution < 1.29 is 19.1 Å². The van der Waals surface area contributed by atoms with Crippen molar-refractivity contribution in [3.8, 4) is 11.5 Å². The van der Waals surface area contributed by atoms with Crippen LogP contribution >= 0.6 is 0 Å². The lowest BCUT2D eigenvalue weighted by Gasteiger charge is -2.35. The maximum Gasteiger partial charge on any atom is 0.251 e. The normalized spacial score (nSPS) is 18.1. The number of likely N-dealkylation sites (tertiary alicyclic amines) is 1. The molecule has 1 aliphatic carbocycles. The standard InChI is InChI=1S/C28H34N2O4/c1-33-25-16-9-21(19-26(25)34-2)8-15-24-5-3-4-18-30(24)27(31)17-10-20-6-11-22(12-7-20)28(32)29-23-13-14-23/h6-7,9-12,16-17,19,23-24H,3-5,8,13-15,18H2,1-2H3,(H,29,32)/b17-10+. The van der Waals surface area contributed by atoms with E-state index in [2.05, 4.69) is 11.4 Å². The molecule has 2 fully saturated rings. The molecule has 1 saturated carbocycles. The highest BCUT2D eigenvalue weighted by molar-refractivity contribution is 5.95. The molecule has 2 aromatic rings. The number of aryl methyl sites for hydroxylation is 1. The third-order valence-electron chi connectivity index (χ3n) is 6.63. The summed E-state index contributed by atoms with van der Waals surface area (Å²) in [6.07, 6.45) is 10.6. The van der Waals surface area contributed by atoms with Crippen LogP contribution in [0, 0.1) is 0 Å². The van der Waals surface area contributed by atoms with Crippen molar-refractivity contribution in [2.75, 3.05) is 20.8 Å². The van der Waals surface area contributed by atoms with E-state index in [9.17, 15) is 9.59 Å². The topological polar surface area (TPSA) is 67.9 Å². The summed E-state index contributed by atoms with van der Waals surface area (Å²) in [7, 11) is 3.28. The minimum absolute atomic E-state index is 0.0280. The minimum atomic E-state index is -0.0280. The van der Waals surface area contributed by atoms with Crippen LogP contribution < -0.4 is 14.8 Å². The van der Waals surface area contributed by atoms with E-state index in [1.54, 1.807) is 20.3 Å². The zero-order valence-electron chi connectivity index (χ0n) is 20.1. The summed E-state index contributed by atoms with van der Waals surface area (Å²) in [6, 6.07) is 14.0. The molecule has 0 radical (unpaired) electrons. The maximum atomic E-state index is 13.0. The van der Waals surface area contributed by atoms with Crippen molar-refractivity contribution in [2.24, 2.45) is 0 Å². The Balaban J connectivity index is 1.34. The summed E-state index contributed by atoms with van der Waals surface area (Å²) in [5, 5.41) is 2.99. The van der Waals surface area contributed by atoms with Gasteiger partial charge in [0.2, 0.25) is 5.91 Å². The third kappa shape index (κ3) is 6.19. The van der Waals surface area contributed by atoms with Gasteiger partial charge in [0, 0.05) is 30.3 Å². The molecule has 2 aliphatic rings. The Morgan fingerprint density at radius 2 is 1.76 bits per heavy atom. The number of carbonyl (C=O) groups excluding carboxylic acids is 2. The van der Waals surface area contributed by atoms with Gasteiger partial charge in [-0.15, -0.1) is 0 Å². The number of nitrogens with zero attached hydrogens (tertiary/aromatic N) is 1. The molecule has 4 rings (SSSR count). The number of hydrogen-bond donors (Lipinski definition) is 1. The molecule has 0 spiro atoms. The Kier molecular flexibility index (Phi) is 7.88. The number of hydrogen-bond acceptors (Lipinski definition) is 4. The summed E-state index contributed by atoms with van der Waals surface area (Å²) in [5.41, 5.74) is 2.74. The summed E-state index contributed by atoms with van der Waals surface area (Å²) in [6.45, 7) is 0.792. The van der Waals surface area contributed by atoms with Gasteiger partial charge in [-0.05, 0) is 86.4 Å². The molecule has 0 aromatic heterocycles. The number of ether oxygens (including phenoxy) is 2. The van der Waals surface area contributed by atoms with Crippen molar-refractivity contribution in [3.63, 3.8) is 0 Å². The molecule has 1 unspecified atom stereocenters.